The number of rotatable bonds is 19. The first-order valence-corrected chi connectivity index (χ1v) is 17.2. The third-order valence-electron chi connectivity index (χ3n) is 8.22. The molecular formula is C35H40N8O13. The zero-order valence-corrected chi connectivity index (χ0v) is 30.1. The van der Waals surface area contributed by atoms with E-state index in [9.17, 15) is 54.0 Å². The van der Waals surface area contributed by atoms with Crippen LogP contribution in [-0.2, 0) is 4.89 Å². The van der Waals surface area contributed by atoms with E-state index in [1.807, 2.05) is 0 Å². The van der Waals surface area contributed by atoms with E-state index in [0.29, 0.717) is 4.73 Å². The van der Waals surface area contributed by atoms with Gasteiger partial charge in [0.1, 0.15) is 17.1 Å². The zero-order valence-electron chi connectivity index (χ0n) is 30.1. The molecule has 0 radical (unpaired) electrons. The van der Waals surface area contributed by atoms with Gasteiger partial charge in [0, 0.05) is 63.5 Å². The molecule has 0 saturated heterocycles. The van der Waals surface area contributed by atoms with E-state index in [-0.39, 0.29) is 102 Å². The highest BCUT2D eigenvalue weighted by molar-refractivity contribution is 5.94. The maximum atomic E-state index is 13.5. The summed E-state index contributed by atoms with van der Waals surface area (Å²) in [6.45, 7) is 0.206. The van der Waals surface area contributed by atoms with Crippen LogP contribution in [0, 0.1) is 0 Å². The Balaban J connectivity index is 1.42. The zero-order chi connectivity index (χ0) is 40.8. The van der Waals surface area contributed by atoms with Crippen molar-refractivity contribution in [1.29, 1.82) is 0 Å². The van der Waals surface area contributed by atoms with E-state index in [0.717, 1.165) is 31.4 Å². The van der Waals surface area contributed by atoms with Crippen LogP contribution in [0.15, 0.2) is 92.0 Å². The fraction of sp³-hybridized carbons (Fsp3) is 0.314. The van der Waals surface area contributed by atoms with Crippen LogP contribution in [0.4, 0.5) is 0 Å². The average Bonchev–Trinajstić information content (AvgIpc) is 3.18. The van der Waals surface area contributed by atoms with Gasteiger partial charge in [-0.3, -0.25) is 38.4 Å². The van der Waals surface area contributed by atoms with Crippen molar-refractivity contribution >= 4 is 23.6 Å². The van der Waals surface area contributed by atoms with Gasteiger partial charge in [-0.1, -0.05) is 24.3 Å². The molecule has 298 valence electrons. The highest BCUT2D eigenvalue weighted by Gasteiger charge is 2.23. The Morgan fingerprint density at radius 3 is 1.34 bits per heavy atom. The van der Waals surface area contributed by atoms with Crippen molar-refractivity contribution in [1.82, 2.24) is 39.4 Å². The van der Waals surface area contributed by atoms with Gasteiger partial charge in [0.2, 0.25) is 0 Å². The van der Waals surface area contributed by atoms with Crippen LogP contribution in [-0.4, -0.2) is 114 Å². The van der Waals surface area contributed by atoms with Crippen molar-refractivity contribution in [2.24, 2.45) is 0 Å². The van der Waals surface area contributed by atoms with Gasteiger partial charge in [0.25, 0.3) is 45.9 Å². The van der Waals surface area contributed by atoms with Crippen molar-refractivity contribution in [3.05, 3.63) is 137 Å². The second-order valence-electron chi connectivity index (χ2n) is 12.0. The van der Waals surface area contributed by atoms with Crippen LogP contribution in [0.1, 0.15) is 67.6 Å². The van der Waals surface area contributed by atoms with Gasteiger partial charge >= 0.3 is 0 Å². The molecule has 4 amide bonds. The number of unbranched alkanes of at least 4 members (excludes halogenated alkanes) is 1. The molecule has 0 aliphatic rings. The Bertz CT molecular complexity index is 2280. The standard InChI is InChI=1S/C35H40N8O13/c1-55-56-43-25(11-5-17-31(43)47)33(49)37-19-9-23-39(35(51)27-13-7-16-30(46)42(27)54)21-3-2-20-38(34(50)26-12-6-15-29(45)41(26)53)22-8-18-36-32(48)24-10-4-14-28(44)40(24)52/h4-7,10-17,52-54H,2-3,8-9,18-23H2,1H3,(H,36,48)(H,37,49). The molecule has 21 heteroatoms. The van der Waals surface area contributed by atoms with Gasteiger partial charge < -0.3 is 36.1 Å². The van der Waals surface area contributed by atoms with Crippen molar-refractivity contribution in [2.45, 2.75) is 25.7 Å². The summed E-state index contributed by atoms with van der Waals surface area (Å²) in [6, 6.07) is 14.7. The fourth-order valence-electron chi connectivity index (χ4n) is 5.42. The van der Waals surface area contributed by atoms with Crippen molar-refractivity contribution in [3.8, 4) is 0 Å². The van der Waals surface area contributed by atoms with Gasteiger partial charge in [0.05, 0.1) is 7.11 Å². The minimum absolute atomic E-state index is 0.00685. The molecular weight excluding hydrogens is 740 g/mol. The van der Waals surface area contributed by atoms with Gasteiger partial charge in [0.15, 0.2) is 5.69 Å². The normalized spacial score (nSPS) is 10.7. The molecule has 4 rings (SSSR count). The van der Waals surface area contributed by atoms with E-state index in [2.05, 4.69) is 15.5 Å². The smallest absolute Gasteiger partial charge is 0.286 e. The molecule has 5 N–H and O–H groups in total. The Morgan fingerprint density at radius 1 is 0.536 bits per heavy atom. The summed E-state index contributed by atoms with van der Waals surface area (Å²) < 4.78 is 1.28. The highest BCUT2D eigenvalue weighted by atomic mass is 17.3. The van der Waals surface area contributed by atoms with Crippen LogP contribution in [0.5, 0.6) is 0 Å². The number of carbonyl (C=O) groups is 4. The quantitative estimate of drug-likeness (QED) is 0.0333. The monoisotopic (exact) mass is 780 g/mol. The largest absolute Gasteiger partial charge is 0.425 e. The van der Waals surface area contributed by atoms with E-state index in [1.165, 1.54) is 58.3 Å². The predicted molar refractivity (Wildman–Crippen MR) is 193 cm³/mol. The van der Waals surface area contributed by atoms with E-state index in [4.69, 9.17) is 4.99 Å². The van der Waals surface area contributed by atoms with E-state index in [1.54, 1.807) is 0 Å². The van der Waals surface area contributed by atoms with Crippen LogP contribution < -0.4 is 37.9 Å². The van der Waals surface area contributed by atoms with Crippen LogP contribution in [0.3, 0.4) is 0 Å². The molecule has 0 bridgehead atoms. The predicted octanol–water partition coefficient (Wildman–Crippen LogP) is -0.960. The molecule has 0 spiro atoms. The Morgan fingerprint density at radius 2 is 0.893 bits per heavy atom. The summed E-state index contributed by atoms with van der Waals surface area (Å²) >= 11 is 0. The van der Waals surface area contributed by atoms with Crippen LogP contribution in [0.25, 0.3) is 0 Å². The molecule has 56 heavy (non-hydrogen) atoms. The Hall–Kier alpha value is -7.16. The molecule has 4 aromatic heterocycles. The minimum Gasteiger partial charge on any atom is -0.425 e. The van der Waals surface area contributed by atoms with Gasteiger partial charge in [-0.15, -0.1) is 18.9 Å². The average molecular weight is 781 g/mol. The van der Waals surface area contributed by atoms with E-state index >= 15 is 0 Å². The van der Waals surface area contributed by atoms with Crippen LogP contribution >= 0.6 is 0 Å². The first kappa shape index (κ1) is 41.6. The van der Waals surface area contributed by atoms with Gasteiger partial charge in [-0.05, 0) is 49.9 Å². The highest BCUT2D eigenvalue weighted by Crippen LogP contribution is 2.10. The molecule has 0 saturated carbocycles. The second-order valence-corrected chi connectivity index (χ2v) is 12.0. The van der Waals surface area contributed by atoms with Crippen molar-refractivity contribution < 1.29 is 44.7 Å². The SMILES string of the molecule is COOn1c(C(=O)NCCCN(CCCCN(CCCNC(=O)c2cccc(=O)n2O)C(=O)c2cccc(=O)n2O)C(=O)c2cccc(=O)n2O)cccc1=O. The summed E-state index contributed by atoms with van der Waals surface area (Å²) in [5, 5.41) is 35.5. The molecule has 0 aliphatic heterocycles. The molecule has 0 unspecified atom stereocenters. The van der Waals surface area contributed by atoms with E-state index < -0.39 is 45.9 Å². The van der Waals surface area contributed by atoms with Crippen molar-refractivity contribution in [2.75, 3.05) is 46.4 Å². The number of aromatic nitrogens is 4. The fourth-order valence-corrected chi connectivity index (χ4v) is 5.42. The van der Waals surface area contributed by atoms with Gasteiger partial charge in [-0.2, -0.15) is 4.89 Å². The number of nitrogens with zero attached hydrogens (tertiary/aromatic N) is 6. The number of nitrogens with one attached hydrogen (secondary N) is 2. The topological polar surface area (TPSA) is 266 Å². The molecule has 0 aliphatic carbocycles. The number of carbonyl (C=O) groups excluding carboxylic acids is 4. The summed E-state index contributed by atoms with van der Waals surface area (Å²) in [7, 11) is 1.16. The maximum absolute atomic E-state index is 13.5. The number of hydrogen-bond donors (Lipinski definition) is 5. The molecule has 4 aromatic rings. The Kier molecular flexibility index (Phi) is 14.7. The lowest BCUT2D eigenvalue weighted by atomic mass is 10.2. The lowest BCUT2D eigenvalue weighted by molar-refractivity contribution is -0.274. The van der Waals surface area contributed by atoms with Gasteiger partial charge in [-0.25, -0.2) is 4.99 Å². The molecule has 4 heterocycles. The minimum atomic E-state index is -0.837. The lowest BCUT2D eigenvalue weighted by Gasteiger charge is -2.26. The molecule has 0 atom stereocenters. The summed E-state index contributed by atoms with van der Waals surface area (Å²) in [5.74, 6) is -2.83. The Labute approximate surface area is 316 Å². The summed E-state index contributed by atoms with van der Waals surface area (Å²) in [6.07, 6.45) is 0.912. The van der Waals surface area contributed by atoms with Crippen molar-refractivity contribution in [3.63, 3.8) is 0 Å². The number of hydrogen-bond acceptors (Lipinski definition) is 13. The third-order valence-corrected chi connectivity index (χ3v) is 8.22. The molecule has 21 nitrogen and oxygen atoms in total. The first-order valence-electron chi connectivity index (χ1n) is 17.2. The third kappa shape index (κ3) is 10.5. The number of pyridine rings is 4. The molecule has 0 aromatic carbocycles. The summed E-state index contributed by atoms with van der Waals surface area (Å²) in [5.41, 5.74) is -4.21. The van der Waals surface area contributed by atoms with Crippen LogP contribution in [0.2, 0.25) is 0 Å². The number of amides is 4. The summed E-state index contributed by atoms with van der Waals surface area (Å²) in [4.78, 5) is 112. The lowest BCUT2D eigenvalue weighted by Crippen LogP contribution is -2.40. The molecule has 0 fully saturated rings. The maximum Gasteiger partial charge on any atom is 0.286 e. The second kappa shape index (κ2) is 19.8. The first-order chi connectivity index (χ1) is 26.8.